The Balaban J connectivity index is 1.33. The summed E-state index contributed by atoms with van der Waals surface area (Å²) < 4.78 is 17.2. The number of para-hydroxylation sites is 4. The van der Waals surface area contributed by atoms with E-state index in [2.05, 4.69) is 210 Å². The highest BCUT2D eigenvalue weighted by Gasteiger charge is 2.39. The molecule has 7 heteroatoms. The lowest BCUT2D eigenvalue weighted by Gasteiger charge is -2.40. The van der Waals surface area contributed by atoms with Gasteiger partial charge in [-0.3, -0.25) is 0 Å². The molecular weight excluding hydrogens is 969 g/mol. The van der Waals surface area contributed by atoms with Crippen LogP contribution in [0.15, 0.2) is 173 Å². The summed E-state index contributed by atoms with van der Waals surface area (Å²) in [5.41, 5.74) is 5.12. The minimum atomic E-state index is -1.77. The number of benzene rings is 7. The third-order valence-corrected chi connectivity index (χ3v) is 32.8. The Bertz CT molecular complexity index is 2930. The minimum absolute atomic E-state index is 0.763. The molecular formula is C67H83NO2P2Si2. The summed E-state index contributed by atoms with van der Waals surface area (Å²) in [6.45, 7) is 15.1. The second-order valence-electron chi connectivity index (χ2n) is 21.4. The lowest BCUT2D eigenvalue weighted by molar-refractivity contribution is 0.668. The molecule has 0 spiro atoms. The maximum absolute atomic E-state index is 7.12. The zero-order valence-corrected chi connectivity index (χ0v) is 49.5. The van der Waals surface area contributed by atoms with Gasteiger partial charge in [0.25, 0.3) is 0 Å². The topological polar surface area (TPSA) is 29.5 Å². The highest BCUT2D eigenvalue weighted by atomic mass is 31.2. The Hall–Kier alpha value is -4.61. The Morgan fingerprint density at radius 2 is 0.703 bits per heavy atom. The van der Waals surface area contributed by atoms with Gasteiger partial charge in [-0.15, -0.1) is 0 Å². The summed E-state index contributed by atoms with van der Waals surface area (Å²) in [6.07, 6.45) is 15.6. The molecule has 0 atom stereocenters. The average Bonchev–Trinajstić information content (AvgIpc) is 4.03. The number of furan rings is 2. The van der Waals surface area contributed by atoms with E-state index >= 15 is 0 Å². The largest absolute Gasteiger partial charge is 0.455 e. The highest BCUT2D eigenvalue weighted by molar-refractivity contribution is 7.85. The Kier molecular flexibility index (Phi) is 19.0. The van der Waals surface area contributed by atoms with Crippen LogP contribution < -0.4 is 31.6 Å². The first-order chi connectivity index (χ1) is 36.4. The SMILES string of the molecule is CCCC[Si](CCCC)(CCCC)c1ccc(P(c2ccc([Si](CCCC)(CCCC)CCCC)cc2)N(Cc2ccccc2)P(c2cccc3c2oc2ccccc23)c2cccc3c2oc2ccccc23)cc1. The van der Waals surface area contributed by atoms with E-state index in [0.29, 0.717) is 0 Å². The fraction of sp³-hybridized carbons (Fsp3) is 0.373. The molecule has 0 saturated carbocycles. The van der Waals surface area contributed by atoms with Crippen LogP contribution in [0, 0.1) is 0 Å². The smallest absolute Gasteiger partial charge is 0.144 e. The zero-order valence-electron chi connectivity index (χ0n) is 45.7. The molecule has 0 bridgehead atoms. The van der Waals surface area contributed by atoms with Gasteiger partial charge in [-0.1, -0.05) is 305 Å². The van der Waals surface area contributed by atoms with Crippen molar-refractivity contribution in [3.63, 3.8) is 0 Å². The van der Waals surface area contributed by atoms with Crippen molar-refractivity contribution in [3.8, 4) is 0 Å². The van der Waals surface area contributed by atoms with Crippen LogP contribution in [0.2, 0.25) is 36.3 Å². The van der Waals surface area contributed by atoms with Gasteiger partial charge in [-0.25, -0.2) is 4.44 Å². The normalized spacial score (nSPS) is 12.5. The molecule has 386 valence electrons. The van der Waals surface area contributed by atoms with Crippen LogP contribution in [0.5, 0.6) is 0 Å². The van der Waals surface area contributed by atoms with Crippen molar-refractivity contribution in [1.82, 2.24) is 4.44 Å². The molecule has 0 saturated heterocycles. The molecule has 0 radical (unpaired) electrons. The molecule has 0 fully saturated rings. The van der Waals surface area contributed by atoms with Crippen molar-refractivity contribution in [1.29, 1.82) is 0 Å². The average molecular weight is 1050 g/mol. The summed E-state index contributed by atoms with van der Waals surface area (Å²) in [7, 11) is -5.98. The van der Waals surface area contributed by atoms with Crippen molar-refractivity contribution in [2.24, 2.45) is 0 Å². The van der Waals surface area contributed by atoms with Crippen LogP contribution in [0.4, 0.5) is 0 Å². The van der Waals surface area contributed by atoms with Crippen molar-refractivity contribution in [2.75, 3.05) is 0 Å². The van der Waals surface area contributed by atoms with E-state index in [4.69, 9.17) is 8.83 Å². The molecule has 9 aromatic rings. The fourth-order valence-electron chi connectivity index (χ4n) is 12.2. The summed E-state index contributed by atoms with van der Waals surface area (Å²) >= 11 is 0. The van der Waals surface area contributed by atoms with Crippen LogP contribution in [-0.4, -0.2) is 20.6 Å². The van der Waals surface area contributed by atoms with E-state index in [1.807, 2.05) is 0 Å². The number of nitrogens with zero attached hydrogens (tertiary/aromatic N) is 1. The third-order valence-electron chi connectivity index (χ3n) is 16.4. The number of fused-ring (bicyclic) bond motifs is 6. The highest BCUT2D eigenvalue weighted by Crippen LogP contribution is 2.57. The number of unbranched alkanes of at least 4 members (excludes halogenated alkanes) is 6. The Labute approximate surface area is 449 Å². The molecule has 0 unspecified atom stereocenters. The molecule has 2 aromatic heterocycles. The van der Waals surface area contributed by atoms with E-state index in [-0.39, 0.29) is 0 Å². The van der Waals surface area contributed by atoms with Crippen molar-refractivity contribution >= 4 is 108 Å². The molecule has 74 heavy (non-hydrogen) atoms. The van der Waals surface area contributed by atoms with Gasteiger partial charge in [-0.05, 0) is 40.4 Å². The second-order valence-corrected chi connectivity index (χ2v) is 35.2. The third kappa shape index (κ3) is 11.7. The lowest BCUT2D eigenvalue weighted by atomic mass is 10.1. The maximum Gasteiger partial charge on any atom is 0.144 e. The van der Waals surface area contributed by atoms with Crippen LogP contribution in [-0.2, 0) is 6.54 Å². The van der Waals surface area contributed by atoms with Crippen LogP contribution >= 0.6 is 16.1 Å². The zero-order chi connectivity index (χ0) is 51.3. The van der Waals surface area contributed by atoms with Crippen molar-refractivity contribution in [2.45, 2.75) is 161 Å². The van der Waals surface area contributed by atoms with Gasteiger partial charge in [0.2, 0.25) is 0 Å². The van der Waals surface area contributed by atoms with Crippen LogP contribution in [0.25, 0.3) is 43.9 Å². The van der Waals surface area contributed by atoms with E-state index in [1.165, 1.54) is 151 Å². The Morgan fingerprint density at radius 1 is 0.351 bits per heavy atom. The predicted molar refractivity (Wildman–Crippen MR) is 334 cm³/mol. The van der Waals surface area contributed by atoms with Crippen LogP contribution in [0.1, 0.15) is 124 Å². The summed E-state index contributed by atoms with van der Waals surface area (Å²) in [5, 5.41) is 13.3. The van der Waals surface area contributed by atoms with Crippen molar-refractivity contribution < 1.29 is 8.83 Å². The molecule has 0 amide bonds. The van der Waals surface area contributed by atoms with E-state index < -0.39 is 32.3 Å². The van der Waals surface area contributed by atoms with Crippen LogP contribution in [0.3, 0.4) is 0 Å². The number of hydrogen-bond acceptors (Lipinski definition) is 3. The van der Waals surface area contributed by atoms with Gasteiger partial charge in [0, 0.05) is 54.8 Å². The monoisotopic (exact) mass is 1050 g/mol. The first kappa shape index (κ1) is 54.2. The van der Waals surface area contributed by atoms with E-state index in [9.17, 15) is 0 Å². The summed E-state index contributed by atoms with van der Waals surface area (Å²) in [4.78, 5) is 0. The molecule has 0 aliphatic heterocycles. The van der Waals surface area contributed by atoms with Gasteiger partial charge in [0.15, 0.2) is 0 Å². The minimum Gasteiger partial charge on any atom is -0.455 e. The lowest BCUT2D eigenvalue weighted by Crippen LogP contribution is -2.48. The van der Waals surface area contributed by atoms with Gasteiger partial charge in [0.05, 0.1) is 16.1 Å². The Morgan fingerprint density at radius 3 is 1.08 bits per heavy atom. The molecule has 3 nitrogen and oxygen atoms in total. The van der Waals surface area contributed by atoms with E-state index in [0.717, 1.165) is 39.6 Å². The van der Waals surface area contributed by atoms with Crippen molar-refractivity contribution in [3.05, 3.63) is 169 Å². The maximum atomic E-state index is 7.12. The van der Waals surface area contributed by atoms with Gasteiger partial charge < -0.3 is 8.83 Å². The number of rotatable bonds is 28. The van der Waals surface area contributed by atoms with Gasteiger partial charge >= 0.3 is 0 Å². The molecule has 0 aliphatic carbocycles. The molecule has 0 aliphatic rings. The van der Waals surface area contributed by atoms with Gasteiger partial charge in [-0.2, -0.15) is 0 Å². The first-order valence-electron chi connectivity index (χ1n) is 28.8. The molecule has 7 aromatic carbocycles. The standard InChI is InChI=1S/C67H83NO2P2Si2/c1-7-13-46-73(47-14-8-2,48-15-9-3)56-42-38-54(39-43-56)71(55-40-44-57(45-41-55)74(49-16-10-4,50-17-11-5)51-18-12-6)68(52-53-28-20-19-21-29-53)72(64-36-26-32-60-58-30-22-24-34-62(58)69-66(60)64)65-37-27-33-61-59-31-23-25-35-63(59)70-67(61)65/h19-45H,7-18,46-52H2,1-6H3. The molecule has 9 rings (SSSR count). The summed E-state index contributed by atoms with van der Waals surface area (Å²) in [6, 6.07) is 71.7. The molecule has 0 N–H and O–H groups in total. The second kappa shape index (κ2) is 26.0. The van der Waals surface area contributed by atoms with E-state index in [1.54, 1.807) is 10.4 Å². The quantitative estimate of drug-likeness (QED) is 0.0362. The fourth-order valence-corrected chi connectivity index (χ4v) is 29.5. The first-order valence-corrected chi connectivity index (χ1v) is 36.7. The summed E-state index contributed by atoms with van der Waals surface area (Å²) in [5.74, 6) is 0. The number of hydrogen-bond donors (Lipinski definition) is 0. The molecule has 2 heterocycles. The van der Waals surface area contributed by atoms with Gasteiger partial charge in [0.1, 0.15) is 22.3 Å². The predicted octanol–water partition coefficient (Wildman–Crippen LogP) is 18.5.